The molecule has 1 aromatic carbocycles. The van der Waals surface area contributed by atoms with Crippen LogP contribution in [0.5, 0.6) is 0 Å². The van der Waals surface area contributed by atoms with Crippen molar-refractivity contribution in [1.82, 2.24) is 0 Å². The fourth-order valence-electron chi connectivity index (χ4n) is 2.01. The van der Waals surface area contributed by atoms with E-state index in [0.29, 0.717) is 18.3 Å². The van der Waals surface area contributed by atoms with Gasteiger partial charge in [-0.3, -0.25) is 0 Å². The van der Waals surface area contributed by atoms with Gasteiger partial charge in [-0.25, -0.2) is 4.39 Å². The molecular weight excluding hydrogens is 215 g/mol. The van der Waals surface area contributed by atoms with E-state index in [1.807, 2.05) is 25.1 Å². The second kappa shape index (κ2) is 4.88. The molecule has 1 saturated carbocycles. The number of anilines is 1. The Morgan fingerprint density at radius 2 is 2.29 bits per heavy atom. The molecule has 1 atom stereocenters. The second-order valence-electron chi connectivity index (χ2n) is 4.67. The number of nitrogens with zero attached hydrogens (tertiary/aromatic N) is 1. The Labute approximate surface area is 102 Å². The molecule has 92 valence electrons. The second-order valence-corrected chi connectivity index (χ2v) is 4.67. The van der Waals surface area contributed by atoms with Gasteiger partial charge in [-0.1, -0.05) is 12.1 Å². The van der Waals surface area contributed by atoms with E-state index in [-0.39, 0.29) is 11.9 Å². The Bertz CT molecular complexity index is 411. The molecule has 1 aliphatic carbocycles. The van der Waals surface area contributed by atoms with E-state index in [9.17, 15) is 4.39 Å². The highest BCUT2D eigenvalue weighted by atomic mass is 19.1. The highest BCUT2D eigenvalue weighted by molar-refractivity contribution is 5.52. The fourth-order valence-corrected chi connectivity index (χ4v) is 2.01. The predicted molar refractivity (Wildman–Crippen MR) is 69.6 cm³/mol. The van der Waals surface area contributed by atoms with E-state index < -0.39 is 0 Å². The van der Waals surface area contributed by atoms with Gasteiger partial charge in [0.25, 0.3) is 0 Å². The van der Waals surface area contributed by atoms with E-state index in [1.54, 1.807) is 6.07 Å². The topological polar surface area (TPSA) is 29.3 Å². The van der Waals surface area contributed by atoms with Crippen molar-refractivity contribution < 1.29 is 4.39 Å². The molecule has 2 rings (SSSR count). The summed E-state index contributed by atoms with van der Waals surface area (Å²) < 4.78 is 14.0. The van der Waals surface area contributed by atoms with Gasteiger partial charge in [0.2, 0.25) is 0 Å². The summed E-state index contributed by atoms with van der Waals surface area (Å²) in [6.45, 7) is 6.28. The van der Waals surface area contributed by atoms with Crippen LogP contribution >= 0.6 is 0 Å². The van der Waals surface area contributed by atoms with Crippen molar-refractivity contribution in [2.45, 2.75) is 31.8 Å². The Hall–Kier alpha value is -1.35. The average molecular weight is 234 g/mol. The number of nitrogens with two attached hydrogens (primary N) is 1. The molecule has 3 heteroatoms. The number of halogens is 1. The first-order chi connectivity index (χ1) is 8.13. The number of hydrogen-bond donors (Lipinski definition) is 1. The quantitative estimate of drug-likeness (QED) is 0.793. The van der Waals surface area contributed by atoms with Gasteiger partial charge in [-0.2, -0.15) is 0 Å². The summed E-state index contributed by atoms with van der Waals surface area (Å²) in [5.41, 5.74) is 7.24. The molecule has 1 fully saturated rings. The minimum Gasteiger partial charge on any atom is -0.362 e. The minimum atomic E-state index is -0.187. The standard InChI is InChI=1S/C14H19FN2/c1-3-8-17(12-5-6-12)14-7-4-11(10(2)16)9-13(14)15/h3-4,7,9-10,12H,1,5-6,8,16H2,2H3/t10-/m1/s1. The van der Waals surface area contributed by atoms with Gasteiger partial charge in [0.05, 0.1) is 5.69 Å². The molecule has 17 heavy (non-hydrogen) atoms. The van der Waals surface area contributed by atoms with Crippen LogP contribution in [-0.4, -0.2) is 12.6 Å². The highest BCUT2D eigenvalue weighted by Crippen LogP contribution is 2.33. The van der Waals surface area contributed by atoms with Crippen molar-refractivity contribution in [3.8, 4) is 0 Å². The van der Waals surface area contributed by atoms with Crippen LogP contribution < -0.4 is 10.6 Å². The molecule has 0 spiro atoms. The molecule has 0 saturated heterocycles. The summed E-state index contributed by atoms with van der Waals surface area (Å²) in [7, 11) is 0. The molecule has 2 N–H and O–H groups in total. The lowest BCUT2D eigenvalue weighted by molar-refractivity contribution is 0.614. The van der Waals surface area contributed by atoms with Gasteiger partial charge < -0.3 is 10.6 Å². The highest BCUT2D eigenvalue weighted by Gasteiger charge is 2.29. The third-order valence-corrected chi connectivity index (χ3v) is 3.12. The summed E-state index contributed by atoms with van der Waals surface area (Å²) >= 11 is 0. The van der Waals surface area contributed by atoms with Crippen LogP contribution in [0.3, 0.4) is 0 Å². The van der Waals surface area contributed by atoms with Crippen molar-refractivity contribution in [2.75, 3.05) is 11.4 Å². The predicted octanol–water partition coefficient (Wildman–Crippen LogP) is 3.00. The summed E-state index contributed by atoms with van der Waals surface area (Å²) in [5.74, 6) is -0.187. The van der Waals surface area contributed by atoms with Crippen molar-refractivity contribution >= 4 is 5.69 Å². The minimum absolute atomic E-state index is 0.132. The Balaban J connectivity index is 2.27. The molecule has 0 unspecified atom stereocenters. The molecule has 2 nitrogen and oxygen atoms in total. The van der Waals surface area contributed by atoms with Crippen LogP contribution in [0.25, 0.3) is 0 Å². The molecule has 0 aliphatic heterocycles. The van der Waals surface area contributed by atoms with Gasteiger partial charge >= 0.3 is 0 Å². The molecule has 0 amide bonds. The third-order valence-electron chi connectivity index (χ3n) is 3.12. The summed E-state index contributed by atoms with van der Waals surface area (Å²) in [4.78, 5) is 2.08. The van der Waals surface area contributed by atoms with E-state index in [0.717, 1.165) is 18.4 Å². The maximum atomic E-state index is 14.0. The lowest BCUT2D eigenvalue weighted by atomic mass is 10.1. The van der Waals surface area contributed by atoms with Gasteiger partial charge in [-0.05, 0) is 37.5 Å². The van der Waals surface area contributed by atoms with Crippen LogP contribution in [-0.2, 0) is 0 Å². The zero-order valence-electron chi connectivity index (χ0n) is 10.2. The van der Waals surface area contributed by atoms with Crippen LogP contribution in [0.1, 0.15) is 31.4 Å². The summed E-state index contributed by atoms with van der Waals surface area (Å²) in [6.07, 6.45) is 4.10. The van der Waals surface area contributed by atoms with Crippen molar-refractivity contribution in [1.29, 1.82) is 0 Å². The SMILES string of the molecule is C=CCN(c1ccc([C@@H](C)N)cc1F)C1CC1. The first kappa shape index (κ1) is 12.1. The van der Waals surface area contributed by atoms with Gasteiger partial charge in [0.1, 0.15) is 5.82 Å². The molecule has 0 radical (unpaired) electrons. The van der Waals surface area contributed by atoms with E-state index in [1.165, 1.54) is 0 Å². The smallest absolute Gasteiger partial charge is 0.146 e. The van der Waals surface area contributed by atoms with Crippen LogP contribution in [0.15, 0.2) is 30.9 Å². The summed E-state index contributed by atoms with van der Waals surface area (Å²) in [6, 6.07) is 5.62. The van der Waals surface area contributed by atoms with Gasteiger partial charge in [0, 0.05) is 18.6 Å². The first-order valence-corrected chi connectivity index (χ1v) is 6.06. The normalized spacial score (nSPS) is 16.6. The lowest BCUT2D eigenvalue weighted by Crippen LogP contribution is -2.26. The van der Waals surface area contributed by atoms with Gasteiger partial charge in [0.15, 0.2) is 0 Å². The Morgan fingerprint density at radius 1 is 1.59 bits per heavy atom. The summed E-state index contributed by atoms with van der Waals surface area (Å²) in [5, 5.41) is 0. The zero-order valence-corrected chi connectivity index (χ0v) is 10.2. The van der Waals surface area contributed by atoms with Crippen molar-refractivity contribution in [2.24, 2.45) is 5.73 Å². The molecular formula is C14H19FN2. The molecule has 1 aromatic rings. The monoisotopic (exact) mass is 234 g/mol. The Morgan fingerprint density at radius 3 is 2.76 bits per heavy atom. The lowest BCUT2D eigenvalue weighted by Gasteiger charge is -2.24. The Kier molecular flexibility index (Phi) is 3.48. The fraction of sp³-hybridized carbons (Fsp3) is 0.429. The molecule has 1 aliphatic rings. The van der Waals surface area contributed by atoms with Crippen LogP contribution in [0.4, 0.5) is 10.1 Å². The van der Waals surface area contributed by atoms with Crippen LogP contribution in [0.2, 0.25) is 0 Å². The first-order valence-electron chi connectivity index (χ1n) is 6.06. The maximum absolute atomic E-state index is 14.0. The van der Waals surface area contributed by atoms with E-state index in [2.05, 4.69) is 11.5 Å². The van der Waals surface area contributed by atoms with Gasteiger partial charge in [-0.15, -0.1) is 6.58 Å². The molecule has 0 heterocycles. The largest absolute Gasteiger partial charge is 0.362 e. The number of rotatable bonds is 5. The number of hydrogen-bond acceptors (Lipinski definition) is 2. The van der Waals surface area contributed by atoms with Crippen molar-refractivity contribution in [3.63, 3.8) is 0 Å². The third kappa shape index (κ3) is 2.67. The zero-order chi connectivity index (χ0) is 12.4. The van der Waals surface area contributed by atoms with Crippen LogP contribution in [0, 0.1) is 5.82 Å². The van der Waals surface area contributed by atoms with E-state index in [4.69, 9.17) is 5.73 Å². The van der Waals surface area contributed by atoms with Crippen molar-refractivity contribution in [3.05, 3.63) is 42.2 Å². The van der Waals surface area contributed by atoms with E-state index >= 15 is 0 Å². The average Bonchev–Trinajstić information content (AvgIpc) is 3.10. The number of benzene rings is 1. The molecule has 0 bridgehead atoms. The molecule has 0 aromatic heterocycles. The maximum Gasteiger partial charge on any atom is 0.146 e.